The van der Waals surface area contributed by atoms with Gasteiger partial charge in [-0.3, -0.25) is 4.90 Å². The van der Waals surface area contributed by atoms with E-state index in [0.717, 1.165) is 44.6 Å². The van der Waals surface area contributed by atoms with Gasteiger partial charge < -0.3 is 10.4 Å². The number of hydrogen-bond acceptors (Lipinski definition) is 3. The van der Waals surface area contributed by atoms with Crippen LogP contribution in [0.2, 0.25) is 0 Å². The van der Waals surface area contributed by atoms with Crippen molar-refractivity contribution >= 4 is 24.8 Å². The number of nitrogens with one attached hydrogen (secondary N) is 1. The van der Waals surface area contributed by atoms with E-state index in [1.807, 2.05) is 6.08 Å². The first kappa shape index (κ1) is 21.2. The molecule has 1 aromatic carbocycles. The molecule has 6 heteroatoms. The second-order valence-electron chi connectivity index (χ2n) is 5.29. The third-order valence-electron chi connectivity index (χ3n) is 3.94. The van der Waals surface area contributed by atoms with Gasteiger partial charge in [0, 0.05) is 37.8 Å². The quantitative estimate of drug-likeness (QED) is 0.796. The van der Waals surface area contributed by atoms with Crippen LogP contribution in [0.15, 0.2) is 24.8 Å². The van der Waals surface area contributed by atoms with E-state index in [9.17, 15) is 9.50 Å². The molecule has 2 N–H and O–H groups in total. The van der Waals surface area contributed by atoms with Gasteiger partial charge in [-0.05, 0) is 31.4 Å². The van der Waals surface area contributed by atoms with Crippen molar-refractivity contribution in [2.75, 3.05) is 26.2 Å². The van der Waals surface area contributed by atoms with Crippen LogP contribution in [-0.2, 0) is 0 Å². The zero-order valence-electron chi connectivity index (χ0n) is 12.8. The molecule has 1 fully saturated rings. The lowest BCUT2D eigenvalue weighted by Gasteiger charge is -2.35. The van der Waals surface area contributed by atoms with E-state index < -0.39 is 0 Å². The van der Waals surface area contributed by atoms with E-state index in [1.54, 1.807) is 13.0 Å². The molecule has 1 aliphatic rings. The van der Waals surface area contributed by atoms with E-state index in [1.165, 1.54) is 6.07 Å². The molecule has 0 bridgehead atoms. The van der Waals surface area contributed by atoms with E-state index in [0.29, 0.717) is 5.56 Å². The number of phenols is 1. The predicted molar refractivity (Wildman–Crippen MR) is 93.9 cm³/mol. The summed E-state index contributed by atoms with van der Waals surface area (Å²) in [5, 5.41) is 13.6. The maximum atomic E-state index is 14.2. The van der Waals surface area contributed by atoms with Crippen molar-refractivity contribution in [3.63, 3.8) is 0 Å². The zero-order chi connectivity index (χ0) is 14.5. The van der Waals surface area contributed by atoms with Crippen LogP contribution >= 0.6 is 24.8 Å². The molecule has 1 saturated heterocycles. The van der Waals surface area contributed by atoms with Crippen LogP contribution < -0.4 is 5.32 Å². The molecule has 2 rings (SSSR count). The summed E-state index contributed by atoms with van der Waals surface area (Å²) in [6.45, 7) is 9.10. The van der Waals surface area contributed by atoms with Crippen molar-refractivity contribution < 1.29 is 9.50 Å². The minimum absolute atomic E-state index is 0. The summed E-state index contributed by atoms with van der Waals surface area (Å²) in [6.07, 6.45) is 3.43. The van der Waals surface area contributed by atoms with Gasteiger partial charge in [-0.25, -0.2) is 4.39 Å². The van der Waals surface area contributed by atoms with Crippen LogP contribution in [0.5, 0.6) is 5.75 Å². The fourth-order valence-electron chi connectivity index (χ4n) is 2.79. The first-order chi connectivity index (χ1) is 9.65. The molecule has 0 spiro atoms. The lowest BCUT2D eigenvalue weighted by molar-refractivity contribution is 0.160. The zero-order valence-corrected chi connectivity index (χ0v) is 14.5. The van der Waals surface area contributed by atoms with Crippen LogP contribution in [0.3, 0.4) is 0 Å². The Morgan fingerprint density at radius 3 is 2.59 bits per heavy atom. The van der Waals surface area contributed by atoms with Gasteiger partial charge in [0.25, 0.3) is 0 Å². The maximum Gasteiger partial charge on any atom is 0.131 e. The minimum atomic E-state index is -0.319. The predicted octanol–water partition coefficient (Wildman–Crippen LogP) is 3.60. The molecule has 0 aromatic heterocycles. The highest BCUT2D eigenvalue weighted by molar-refractivity contribution is 5.85. The number of nitrogens with zero attached hydrogens (tertiary/aromatic N) is 1. The molecule has 1 aliphatic heterocycles. The second kappa shape index (κ2) is 10.1. The number of phenolic OH excluding ortho intramolecular Hbond substituents is 1. The standard InChI is InChI=1S/C16H23FN2O.2ClH/c1-3-4-5-14(19-10-8-18-9-11-19)15-13(17)7-6-12(2)16(15)20;;/h3,6-7,14,18,20H,1,4-5,8-11H2,2H3;2*1H/t14-;;/m0../s1. The Labute approximate surface area is 144 Å². The fraction of sp³-hybridized carbons (Fsp3) is 0.500. The Morgan fingerprint density at radius 2 is 2.00 bits per heavy atom. The summed E-state index contributed by atoms with van der Waals surface area (Å²) in [7, 11) is 0. The molecule has 0 radical (unpaired) electrons. The van der Waals surface area contributed by atoms with E-state index in [-0.39, 0.29) is 42.4 Å². The topological polar surface area (TPSA) is 35.5 Å². The first-order valence-electron chi connectivity index (χ1n) is 7.18. The highest BCUT2D eigenvalue weighted by atomic mass is 35.5. The third-order valence-corrected chi connectivity index (χ3v) is 3.94. The molecule has 3 nitrogen and oxygen atoms in total. The van der Waals surface area contributed by atoms with Gasteiger partial charge in [0.05, 0.1) is 0 Å². The van der Waals surface area contributed by atoms with Crippen LogP contribution in [-0.4, -0.2) is 36.2 Å². The van der Waals surface area contributed by atoms with Crippen LogP contribution in [0, 0.1) is 12.7 Å². The molecular weight excluding hydrogens is 326 g/mol. The number of aromatic hydroxyl groups is 1. The number of rotatable bonds is 5. The van der Waals surface area contributed by atoms with E-state index >= 15 is 0 Å². The summed E-state index contributed by atoms with van der Waals surface area (Å²) in [6, 6.07) is 2.99. The Morgan fingerprint density at radius 1 is 1.36 bits per heavy atom. The molecule has 126 valence electrons. The lowest BCUT2D eigenvalue weighted by Crippen LogP contribution is -2.45. The first-order valence-corrected chi connectivity index (χ1v) is 7.18. The Bertz CT molecular complexity index is 479. The van der Waals surface area contributed by atoms with Gasteiger partial charge in [-0.1, -0.05) is 12.1 Å². The summed E-state index contributed by atoms with van der Waals surface area (Å²) < 4.78 is 14.2. The average molecular weight is 351 g/mol. The van der Waals surface area contributed by atoms with Gasteiger partial charge in [0.1, 0.15) is 11.6 Å². The number of piperazine rings is 1. The van der Waals surface area contributed by atoms with E-state index in [4.69, 9.17) is 0 Å². The Hall–Kier alpha value is -0.810. The third kappa shape index (κ3) is 4.85. The molecule has 0 amide bonds. The summed E-state index contributed by atoms with van der Waals surface area (Å²) in [5.41, 5.74) is 1.16. The van der Waals surface area contributed by atoms with Gasteiger partial charge in [-0.15, -0.1) is 31.4 Å². The maximum absolute atomic E-state index is 14.2. The van der Waals surface area contributed by atoms with Gasteiger partial charge in [0.2, 0.25) is 0 Å². The minimum Gasteiger partial charge on any atom is -0.507 e. The van der Waals surface area contributed by atoms with Crippen molar-refractivity contribution in [3.05, 3.63) is 41.7 Å². The smallest absolute Gasteiger partial charge is 0.131 e. The summed E-state index contributed by atoms with van der Waals surface area (Å²) in [5.74, 6) is -0.224. The Kier molecular flexibility index (Phi) is 9.69. The molecule has 1 aromatic rings. The second-order valence-corrected chi connectivity index (χ2v) is 5.29. The molecule has 0 unspecified atom stereocenters. The molecule has 0 aliphatic carbocycles. The number of hydrogen-bond donors (Lipinski definition) is 2. The monoisotopic (exact) mass is 350 g/mol. The van der Waals surface area contributed by atoms with Crippen molar-refractivity contribution in [2.24, 2.45) is 0 Å². The average Bonchev–Trinajstić information content (AvgIpc) is 2.47. The number of halogens is 3. The summed E-state index contributed by atoms with van der Waals surface area (Å²) in [4.78, 5) is 2.25. The lowest BCUT2D eigenvalue weighted by atomic mass is 9.96. The Balaban J connectivity index is 0.00000220. The molecular formula is C16H25Cl2FN2O. The van der Waals surface area contributed by atoms with Crippen LogP contribution in [0.25, 0.3) is 0 Å². The van der Waals surface area contributed by atoms with Crippen molar-refractivity contribution in [2.45, 2.75) is 25.8 Å². The van der Waals surface area contributed by atoms with E-state index in [2.05, 4.69) is 16.8 Å². The number of aryl methyl sites for hydroxylation is 1. The fourth-order valence-corrected chi connectivity index (χ4v) is 2.79. The summed E-state index contributed by atoms with van der Waals surface area (Å²) >= 11 is 0. The van der Waals surface area contributed by atoms with Crippen molar-refractivity contribution in [1.82, 2.24) is 10.2 Å². The van der Waals surface area contributed by atoms with Gasteiger partial charge in [-0.2, -0.15) is 0 Å². The highest BCUT2D eigenvalue weighted by Gasteiger charge is 2.27. The molecule has 1 atom stereocenters. The molecule has 22 heavy (non-hydrogen) atoms. The van der Waals surface area contributed by atoms with Crippen LogP contribution in [0.1, 0.15) is 30.0 Å². The molecule has 0 saturated carbocycles. The normalized spacial score (nSPS) is 16.3. The molecule has 1 heterocycles. The van der Waals surface area contributed by atoms with Crippen molar-refractivity contribution in [3.8, 4) is 5.75 Å². The highest BCUT2D eigenvalue weighted by Crippen LogP contribution is 2.36. The SMILES string of the molecule is C=CCC[C@@H](c1c(F)ccc(C)c1O)N1CCNCC1.Cl.Cl. The van der Waals surface area contributed by atoms with Crippen molar-refractivity contribution in [1.29, 1.82) is 0 Å². The number of allylic oxidation sites excluding steroid dienone is 1. The van der Waals surface area contributed by atoms with Crippen LogP contribution in [0.4, 0.5) is 4.39 Å². The number of benzene rings is 1. The largest absolute Gasteiger partial charge is 0.507 e. The van der Waals surface area contributed by atoms with Gasteiger partial charge in [0.15, 0.2) is 0 Å². The van der Waals surface area contributed by atoms with Gasteiger partial charge >= 0.3 is 0 Å².